The van der Waals surface area contributed by atoms with E-state index in [2.05, 4.69) is 21.7 Å². The fourth-order valence-corrected chi connectivity index (χ4v) is 1.57. The number of hydrogen-bond donors (Lipinski definition) is 2. The van der Waals surface area contributed by atoms with Gasteiger partial charge in [0, 0.05) is 18.3 Å². The summed E-state index contributed by atoms with van der Waals surface area (Å²) in [6.07, 6.45) is 3.10. The number of hydrogen-bond acceptors (Lipinski definition) is 3. The Balaban J connectivity index is 1.97. The van der Waals surface area contributed by atoms with Crippen LogP contribution < -0.4 is 10.6 Å². The van der Waals surface area contributed by atoms with Gasteiger partial charge in [-0.2, -0.15) is 0 Å². The monoisotopic (exact) mass is 177 g/mol. The Kier molecular flexibility index (Phi) is 2.45. The first-order valence-electron chi connectivity index (χ1n) is 4.74. The van der Waals surface area contributed by atoms with Crippen LogP contribution in [0.5, 0.6) is 0 Å². The lowest BCUT2D eigenvalue weighted by atomic mass is 10.2. The molecule has 0 aromatic carbocycles. The maximum Gasteiger partial charge on any atom is 0.0529 e. The van der Waals surface area contributed by atoms with Crippen LogP contribution in [0.25, 0.3) is 0 Å². The maximum atomic E-state index is 4.24. The van der Waals surface area contributed by atoms with Crippen LogP contribution in [-0.2, 0) is 0 Å². The largest absolute Gasteiger partial charge is 0.380 e. The van der Waals surface area contributed by atoms with Crippen molar-refractivity contribution in [1.29, 1.82) is 0 Å². The van der Waals surface area contributed by atoms with Crippen molar-refractivity contribution in [2.45, 2.75) is 19.4 Å². The molecule has 1 fully saturated rings. The zero-order valence-corrected chi connectivity index (χ0v) is 7.88. The van der Waals surface area contributed by atoms with Gasteiger partial charge in [0.15, 0.2) is 0 Å². The zero-order valence-electron chi connectivity index (χ0n) is 7.88. The van der Waals surface area contributed by atoms with E-state index in [9.17, 15) is 0 Å². The molecule has 0 saturated carbocycles. The number of nitrogens with one attached hydrogen (secondary N) is 2. The molecule has 0 spiro atoms. The molecule has 0 bridgehead atoms. The Bertz CT molecular complexity index is 262. The summed E-state index contributed by atoms with van der Waals surface area (Å²) in [6, 6.07) is 4.69. The molecule has 0 aliphatic carbocycles. The summed E-state index contributed by atoms with van der Waals surface area (Å²) in [6.45, 7) is 4.19. The molecule has 1 atom stereocenters. The van der Waals surface area contributed by atoms with E-state index in [0.29, 0.717) is 6.04 Å². The van der Waals surface area contributed by atoms with Crippen molar-refractivity contribution in [2.24, 2.45) is 0 Å². The van der Waals surface area contributed by atoms with Gasteiger partial charge in [-0.3, -0.25) is 4.98 Å². The first-order valence-corrected chi connectivity index (χ1v) is 4.74. The second kappa shape index (κ2) is 3.75. The number of pyridine rings is 1. The molecular formula is C10H15N3. The van der Waals surface area contributed by atoms with Gasteiger partial charge in [0.1, 0.15) is 0 Å². The molecule has 1 aliphatic heterocycles. The van der Waals surface area contributed by atoms with Crippen molar-refractivity contribution in [2.75, 3.05) is 18.4 Å². The SMILES string of the molecule is Cc1ccc(NC2CCNC2)cn1. The van der Waals surface area contributed by atoms with E-state index in [1.54, 1.807) is 0 Å². The van der Waals surface area contributed by atoms with Gasteiger partial charge in [-0.1, -0.05) is 0 Å². The van der Waals surface area contributed by atoms with Crippen LogP contribution in [0.4, 0.5) is 5.69 Å². The highest BCUT2D eigenvalue weighted by Gasteiger charge is 2.13. The van der Waals surface area contributed by atoms with E-state index < -0.39 is 0 Å². The van der Waals surface area contributed by atoms with Crippen LogP contribution in [0, 0.1) is 6.92 Å². The van der Waals surface area contributed by atoms with E-state index in [-0.39, 0.29) is 0 Å². The first-order chi connectivity index (χ1) is 6.34. The molecule has 2 heterocycles. The number of nitrogens with zero attached hydrogens (tertiary/aromatic N) is 1. The summed E-state index contributed by atoms with van der Waals surface area (Å²) in [5.74, 6) is 0. The van der Waals surface area contributed by atoms with Crippen LogP contribution in [0.1, 0.15) is 12.1 Å². The van der Waals surface area contributed by atoms with Crippen molar-refractivity contribution < 1.29 is 0 Å². The molecule has 1 aliphatic rings. The highest BCUT2D eigenvalue weighted by Crippen LogP contribution is 2.10. The average Bonchev–Trinajstić information content (AvgIpc) is 2.62. The van der Waals surface area contributed by atoms with Gasteiger partial charge in [-0.05, 0) is 32.0 Å². The molecule has 2 rings (SSSR count). The number of rotatable bonds is 2. The summed E-state index contributed by atoms with van der Waals surface area (Å²) < 4.78 is 0. The molecule has 1 unspecified atom stereocenters. The van der Waals surface area contributed by atoms with Crippen LogP contribution in [0.3, 0.4) is 0 Å². The molecule has 1 aromatic rings. The molecule has 70 valence electrons. The number of anilines is 1. The highest BCUT2D eigenvalue weighted by atomic mass is 15.0. The van der Waals surface area contributed by atoms with Crippen LogP contribution in [-0.4, -0.2) is 24.1 Å². The Morgan fingerprint density at radius 3 is 3.08 bits per heavy atom. The molecule has 2 N–H and O–H groups in total. The van der Waals surface area contributed by atoms with Crippen LogP contribution in [0.15, 0.2) is 18.3 Å². The fraction of sp³-hybridized carbons (Fsp3) is 0.500. The minimum Gasteiger partial charge on any atom is -0.380 e. The predicted octanol–water partition coefficient (Wildman–Crippen LogP) is 1.16. The number of aryl methyl sites for hydroxylation is 1. The van der Waals surface area contributed by atoms with Gasteiger partial charge in [0.2, 0.25) is 0 Å². The first kappa shape index (κ1) is 8.51. The Hall–Kier alpha value is -1.09. The molecular weight excluding hydrogens is 162 g/mol. The Morgan fingerprint density at radius 2 is 2.46 bits per heavy atom. The van der Waals surface area contributed by atoms with E-state index in [1.165, 1.54) is 6.42 Å². The lowest BCUT2D eigenvalue weighted by Crippen LogP contribution is -2.22. The second-order valence-electron chi connectivity index (χ2n) is 3.52. The van der Waals surface area contributed by atoms with Crippen LogP contribution >= 0.6 is 0 Å². The minimum atomic E-state index is 0.574. The van der Waals surface area contributed by atoms with Gasteiger partial charge in [-0.15, -0.1) is 0 Å². The van der Waals surface area contributed by atoms with Crippen molar-refractivity contribution in [3.05, 3.63) is 24.0 Å². The highest BCUT2D eigenvalue weighted by molar-refractivity contribution is 5.42. The smallest absolute Gasteiger partial charge is 0.0529 e. The standard InChI is InChI=1S/C10H15N3/c1-8-2-3-9(7-12-8)13-10-4-5-11-6-10/h2-3,7,10-11,13H,4-6H2,1H3. The summed E-state index contributed by atoms with van der Waals surface area (Å²) in [7, 11) is 0. The van der Waals surface area contributed by atoms with Gasteiger partial charge in [0.25, 0.3) is 0 Å². The van der Waals surface area contributed by atoms with E-state index in [1.807, 2.05) is 19.2 Å². The van der Waals surface area contributed by atoms with Crippen molar-refractivity contribution >= 4 is 5.69 Å². The average molecular weight is 177 g/mol. The molecule has 1 aromatic heterocycles. The Labute approximate surface area is 78.6 Å². The summed E-state index contributed by atoms with van der Waals surface area (Å²) >= 11 is 0. The molecule has 13 heavy (non-hydrogen) atoms. The molecule has 0 radical (unpaired) electrons. The van der Waals surface area contributed by atoms with Crippen molar-refractivity contribution in [3.8, 4) is 0 Å². The summed E-state index contributed by atoms with van der Waals surface area (Å²) in [5, 5.41) is 6.76. The topological polar surface area (TPSA) is 37.0 Å². The van der Waals surface area contributed by atoms with Gasteiger partial charge < -0.3 is 10.6 Å². The predicted molar refractivity (Wildman–Crippen MR) is 53.9 cm³/mol. The molecule has 0 amide bonds. The minimum absolute atomic E-state index is 0.574. The maximum absolute atomic E-state index is 4.24. The fourth-order valence-electron chi connectivity index (χ4n) is 1.57. The number of aromatic nitrogens is 1. The zero-order chi connectivity index (χ0) is 9.10. The van der Waals surface area contributed by atoms with Gasteiger partial charge in [0.05, 0.1) is 11.9 Å². The lowest BCUT2D eigenvalue weighted by molar-refractivity contribution is 0.792. The summed E-state index contributed by atoms with van der Waals surface area (Å²) in [5.41, 5.74) is 2.19. The van der Waals surface area contributed by atoms with E-state index in [4.69, 9.17) is 0 Å². The molecule has 3 heteroatoms. The third kappa shape index (κ3) is 2.18. The molecule has 1 saturated heterocycles. The third-order valence-electron chi connectivity index (χ3n) is 2.34. The second-order valence-corrected chi connectivity index (χ2v) is 3.52. The van der Waals surface area contributed by atoms with Gasteiger partial charge >= 0.3 is 0 Å². The molecule has 3 nitrogen and oxygen atoms in total. The van der Waals surface area contributed by atoms with Crippen molar-refractivity contribution in [1.82, 2.24) is 10.3 Å². The third-order valence-corrected chi connectivity index (χ3v) is 2.34. The van der Waals surface area contributed by atoms with E-state index in [0.717, 1.165) is 24.5 Å². The Morgan fingerprint density at radius 1 is 1.54 bits per heavy atom. The normalized spacial score (nSPS) is 21.8. The van der Waals surface area contributed by atoms with Crippen molar-refractivity contribution in [3.63, 3.8) is 0 Å². The van der Waals surface area contributed by atoms with E-state index >= 15 is 0 Å². The lowest BCUT2D eigenvalue weighted by Gasteiger charge is -2.12. The quantitative estimate of drug-likeness (QED) is 0.712. The summed E-state index contributed by atoms with van der Waals surface area (Å²) in [4.78, 5) is 4.24. The van der Waals surface area contributed by atoms with Crippen LogP contribution in [0.2, 0.25) is 0 Å². The van der Waals surface area contributed by atoms with Gasteiger partial charge in [-0.25, -0.2) is 0 Å².